The van der Waals surface area contributed by atoms with Crippen LogP contribution in [0.2, 0.25) is 0 Å². The van der Waals surface area contributed by atoms with Gasteiger partial charge in [-0.25, -0.2) is 0 Å². The largest absolute Gasteiger partial charge is 0.383 e. The Morgan fingerprint density at radius 1 is 1.00 bits per heavy atom. The van der Waals surface area contributed by atoms with Gasteiger partial charge in [-0.3, -0.25) is 5.41 Å². The SMILES string of the molecule is Cl.N=C(N)c1cc2cc3ccccc3cc2s1. The van der Waals surface area contributed by atoms with Crippen LogP contribution in [0.25, 0.3) is 20.9 Å². The zero-order valence-corrected chi connectivity index (χ0v) is 10.6. The van der Waals surface area contributed by atoms with Crippen molar-refractivity contribution in [2.75, 3.05) is 0 Å². The minimum Gasteiger partial charge on any atom is -0.383 e. The molecule has 2 nitrogen and oxygen atoms in total. The summed E-state index contributed by atoms with van der Waals surface area (Å²) in [7, 11) is 0. The van der Waals surface area contributed by atoms with E-state index >= 15 is 0 Å². The lowest BCUT2D eigenvalue weighted by molar-refractivity contribution is 1.46. The summed E-state index contributed by atoms with van der Waals surface area (Å²) in [4.78, 5) is 0.838. The van der Waals surface area contributed by atoms with Gasteiger partial charge in [-0.15, -0.1) is 23.7 Å². The van der Waals surface area contributed by atoms with Crippen molar-refractivity contribution in [3.05, 3.63) is 47.3 Å². The highest BCUT2D eigenvalue weighted by molar-refractivity contribution is 7.20. The quantitative estimate of drug-likeness (QED) is 0.509. The van der Waals surface area contributed by atoms with Crippen LogP contribution in [0.15, 0.2) is 42.5 Å². The number of fused-ring (bicyclic) bond motifs is 2. The van der Waals surface area contributed by atoms with E-state index in [-0.39, 0.29) is 18.2 Å². The van der Waals surface area contributed by atoms with E-state index in [1.807, 2.05) is 18.2 Å². The zero-order chi connectivity index (χ0) is 11.1. The predicted molar refractivity (Wildman–Crippen MR) is 77.6 cm³/mol. The monoisotopic (exact) mass is 262 g/mol. The Hall–Kier alpha value is -1.58. The number of hydrogen-bond acceptors (Lipinski definition) is 2. The number of amidine groups is 1. The zero-order valence-electron chi connectivity index (χ0n) is 8.94. The first kappa shape index (κ1) is 11.9. The van der Waals surface area contributed by atoms with Crippen LogP contribution in [0.1, 0.15) is 4.88 Å². The first-order chi connectivity index (χ1) is 7.74. The molecule has 0 unspecified atom stereocenters. The molecule has 0 atom stereocenters. The molecule has 0 saturated heterocycles. The Morgan fingerprint density at radius 2 is 1.65 bits per heavy atom. The maximum absolute atomic E-state index is 7.44. The molecule has 1 heterocycles. The number of thiophene rings is 1. The van der Waals surface area contributed by atoms with Gasteiger partial charge in [-0.1, -0.05) is 24.3 Å². The summed E-state index contributed by atoms with van der Waals surface area (Å²) in [5, 5.41) is 11.1. The van der Waals surface area contributed by atoms with Crippen molar-refractivity contribution in [1.29, 1.82) is 5.41 Å². The van der Waals surface area contributed by atoms with Gasteiger partial charge in [-0.2, -0.15) is 0 Å². The van der Waals surface area contributed by atoms with Gasteiger partial charge >= 0.3 is 0 Å². The number of hydrogen-bond donors (Lipinski definition) is 2. The number of rotatable bonds is 1. The smallest absolute Gasteiger partial charge is 0.133 e. The van der Waals surface area contributed by atoms with Gasteiger partial charge in [0.15, 0.2) is 0 Å². The molecule has 0 bridgehead atoms. The number of halogens is 1. The highest BCUT2D eigenvalue weighted by Crippen LogP contribution is 2.29. The minimum absolute atomic E-state index is 0. The molecule has 3 rings (SSSR count). The van der Waals surface area contributed by atoms with E-state index in [2.05, 4.69) is 24.3 Å². The number of nitrogens with one attached hydrogen (secondary N) is 1. The fraction of sp³-hybridized carbons (Fsp3) is 0. The van der Waals surface area contributed by atoms with Crippen molar-refractivity contribution >= 4 is 50.4 Å². The lowest BCUT2D eigenvalue weighted by Gasteiger charge is -1.96. The topological polar surface area (TPSA) is 49.9 Å². The molecule has 17 heavy (non-hydrogen) atoms. The third-order valence-corrected chi connectivity index (χ3v) is 3.78. The summed E-state index contributed by atoms with van der Waals surface area (Å²) in [6.45, 7) is 0. The molecule has 4 heteroatoms. The molecule has 2 aromatic carbocycles. The molecule has 0 aliphatic rings. The second-order valence-corrected chi connectivity index (χ2v) is 4.85. The summed E-state index contributed by atoms with van der Waals surface area (Å²) < 4.78 is 1.18. The molecule has 86 valence electrons. The molecule has 0 spiro atoms. The van der Waals surface area contributed by atoms with Gasteiger partial charge < -0.3 is 5.73 Å². The average molecular weight is 263 g/mol. The van der Waals surface area contributed by atoms with Crippen molar-refractivity contribution in [2.24, 2.45) is 5.73 Å². The molecule has 0 aliphatic heterocycles. The molecule has 1 aromatic heterocycles. The van der Waals surface area contributed by atoms with Crippen molar-refractivity contribution in [3.8, 4) is 0 Å². The molecule has 0 amide bonds. The van der Waals surface area contributed by atoms with Gasteiger partial charge in [0.25, 0.3) is 0 Å². The van der Waals surface area contributed by atoms with Crippen LogP contribution in [0.3, 0.4) is 0 Å². The normalized spacial score (nSPS) is 10.4. The Morgan fingerprint density at radius 3 is 2.29 bits per heavy atom. The molecule has 0 fully saturated rings. The van der Waals surface area contributed by atoms with Crippen LogP contribution < -0.4 is 5.73 Å². The van der Waals surface area contributed by atoms with Crippen molar-refractivity contribution < 1.29 is 0 Å². The number of benzene rings is 2. The lowest BCUT2D eigenvalue weighted by Crippen LogP contribution is -2.08. The second-order valence-electron chi connectivity index (χ2n) is 3.76. The highest BCUT2D eigenvalue weighted by Gasteiger charge is 2.05. The standard InChI is InChI=1S/C13H10N2S.ClH/c14-13(15)12-7-10-5-8-3-1-2-4-9(8)6-11(10)16-12;/h1-7H,(H3,14,15);1H. The first-order valence-corrected chi connectivity index (χ1v) is 5.82. The van der Waals surface area contributed by atoms with Crippen molar-refractivity contribution in [1.82, 2.24) is 0 Å². The molecule has 0 aliphatic carbocycles. The highest BCUT2D eigenvalue weighted by atomic mass is 35.5. The molecular formula is C13H11ClN2S. The number of nitrogens with two attached hydrogens (primary N) is 1. The van der Waals surface area contributed by atoms with E-state index in [4.69, 9.17) is 11.1 Å². The van der Waals surface area contributed by atoms with Gasteiger partial charge in [0, 0.05) is 4.70 Å². The summed E-state index contributed by atoms with van der Waals surface area (Å²) in [5.74, 6) is 0.144. The van der Waals surface area contributed by atoms with Gasteiger partial charge in [-0.05, 0) is 34.4 Å². The Kier molecular flexibility index (Phi) is 3.05. The third kappa shape index (κ3) is 1.99. The van der Waals surface area contributed by atoms with E-state index in [1.165, 1.54) is 15.5 Å². The van der Waals surface area contributed by atoms with Crippen molar-refractivity contribution in [2.45, 2.75) is 0 Å². The van der Waals surface area contributed by atoms with E-state index in [1.54, 1.807) is 11.3 Å². The van der Waals surface area contributed by atoms with E-state index in [9.17, 15) is 0 Å². The first-order valence-electron chi connectivity index (χ1n) is 5.01. The van der Waals surface area contributed by atoms with Crippen LogP contribution in [0, 0.1) is 5.41 Å². The molecular weight excluding hydrogens is 252 g/mol. The van der Waals surface area contributed by atoms with Crippen LogP contribution in [0.5, 0.6) is 0 Å². The summed E-state index contributed by atoms with van der Waals surface area (Å²) in [5.41, 5.74) is 5.50. The fourth-order valence-electron chi connectivity index (χ4n) is 1.86. The van der Waals surface area contributed by atoms with E-state index in [0.29, 0.717) is 0 Å². The summed E-state index contributed by atoms with van der Waals surface area (Å²) >= 11 is 1.57. The van der Waals surface area contributed by atoms with Crippen LogP contribution >= 0.6 is 23.7 Å². The fourth-order valence-corrected chi connectivity index (χ4v) is 2.81. The van der Waals surface area contributed by atoms with Crippen LogP contribution in [-0.4, -0.2) is 5.84 Å². The summed E-state index contributed by atoms with van der Waals surface area (Å²) in [6, 6.07) is 14.5. The average Bonchev–Trinajstić information content (AvgIpc) is 2.68. The van der Waals surface area contributed by atoms with Crippen LogP contribution in [0.4, 0.5) is 0 Å². The molecule has 3 aromatic rings. The minimum atomic E-state index is 0. The van der Waals surface area contributed by atoms with Crippen molar-refractivity contribution in [3.63, 3.8) is 0 Å². The summed E-state index contributed by atoms with van der Waals surface area (Å²) in [6.07, 6.45) is 0. The molecule has 0 saturated carbocycles. The van der Waals surface area contributed by atoms with Gasteiger partial charge in [0.05, 0.1) is 4.88 Å². The lowest BCUT2D eigenvalue weighted by atomic mass is 10.1. The Bertz CT molecular complexity index is 650. The van der Waals surface area contributed by atoms with Crippen LogP contribution in [-0.2, 0) is 0 Å². The number of nitrogen functional groups attached to an aromatic ring is 1. The predicted octanol–water partition coefficient (Wildman–Crippen LogP) is 3.76. The third-order valence-electron chi connectivity index (χ3n) is 2.65. The van der Waals surface area contributed by atoms with Gasteiger partial charge in [0.1, 0.15) is 5.84 Å². The molecule has 3 N–H and O–H groups in total. The van der Waals surface area contributed by atoms with E-state index in [0.717, 1.165) is 10.3 Å². The Labute approximate surface area is 109 Å². The molecule has 0 radical (unpaired) electrons. The van der Waals surface area contributed by atoms with E-state index < -0.39 is 0 Å². The maximum Gasteiger partial charge on any atom is 0.133 e. The Balaban J connectivity index is 0.00000108. The van der Waals surface area contributed by atoms with Gasteiger partial charge in [0.2, 0.25) is 0 Å². The maximum atomic E-state index is 7.44. The second kappa shape index (κ2) is 4.35.